The molecule has 0 radical (unpaired) electrons. The number of halogens is 1. The number of nitrogens with zero attached hydrogens (tertiary/aromatic N) is 2. The number of methoxy groups -OCH3 is 2. The van der Waals surface area contributed by atoms with E-state index in [4.69, 9.17) is 19.2 Å². The Morgan fingerprint density at radius 1 is 1.03 bits per heavy atom. The van der Waals surface area contributed by atoms with Gasteiger partial charge in [-0.15, -0.1) is 0 Å². The van der Waals surface area contributed by atoms with Gasteiger partial charge in [0.05, 0.1) is 18.2 Å². The van der Waals surface area contributed by atoms with Crippen molar-refractivity contribution >= 4 is 36.8 Å². The van der Waals surface area contributed by atoms with Gasteiger partial charge >= 0.3 is 0 Å². The summed E-state index contributed by atoms with van der Waals surface area (Å²) in [6.45, 7) is 5.57. The molecule has 0 amide bonds. The molecular weight excluding hydrogens is 556 g/mol. The van der Waals surface area contributed by atoms with Crippen LogP contribution in [0.25, 0.3) is 22.4 Å². The SMILES string of the molecule is COCCn1c(-c2ccc(C(C)C)cc2)nc2c(Br)c(COc3ccccc3S(C)(=O)=O)cc(OC)c21. The summed E-state index contributed by atoms with van der Waals surface area (Å²) in [6, 6.07) is 16.9. The summed E-state index contributed by atoms with van der Waals surface area (Å²) in [4.78, 5) is 5.17. The summed E-state index contributed by atoms with van der Waals surface area (Å²) < 4.78 is 44.4. The Bertz CT molecular complexity index is 1510. The van der Waals surface area contributed by atoms with Crippen LogP contribution in [0.2, 0.25) is 0 Å². The number of para-hydroxylation sites is 1. The molecule has 0 aliphatic carbocycles. The van der Waals surface area contributed by atoms with Gasteiger partial charge in [0.25, 0.3) is 0 Å². The number of imidazole rings is 1. The third-order valence-electron chi connectivity index (χ3n) is 6.20. The molecule has 0 saturated heterocycles. The number of rotatable bonds is 10. The average Bonchev–Trinajstić information content (AvgIpc) is 3.26. The van der Waals surface area contributed by atoms with E-state index in [-0.39, 0.29) is 11.5 Å². The van der Waals surface area contributed by atoms with E-state index in [0.29, 0.717) is 30.6 Å². The van der Waals surface area contributed by atoms with Crippen molar-refractivity contribution < 1.29 is 22.6 Å². The Kier molecular flexibility index (Phi) is 8.26. The second-order valence-corrected chi connectivity index (χ2v) is 11.9. The maximum Gasteiger partial charge on any atom is 0.179 e. The molecule has 9 heteroatoms. The number of benzene rings is 3. The average molecular weight is 588 g/mol. The fraction of sp³-hybridized carbons (Fsp3) is 0.321. The second-order valence-electron chi connectivity index (χ2n) is 9.11. The van der Waals surface area contributed by atoms with E-state index in [0.717, 1.165) is 32.5 Å². The summed E-state index contributed by atoms with van der Waals surface area (Å²) in [5, 5.41) is 0. The van der Waals surface area contributed by atoms with Crippen molar-refractivity contribution in [1.82, 2.24) is 9.55 Å². The van der Waals surface area contributed by atoms with Crippen molar-refractivity contribution in [2.24, 2.45) is 0 Å². The van der Waals surface area contributed by atoms with Gasteiger partial charge in [0, 0.05) is 31.0 Å². The van der Waals surface area contributed by atoms with E-state index in [1.165, 1.54) is 17.9 Å². The highest BCUT2D eigenvalue weighted by molar-refractivity contribution is 9.10. The zero-order chi connectivity index (χ0) is 26.7. The van der Waals surface area contributed by atoms with Gasteiger partial charge < -0.3 is 18.8 Å². The van der Waals surface area contributed by atoms with E-state index >= 15 is 0 Å². The van der Waals surface area contributed by atoms with Crippen molar-refractivity contribution in [3.05, 3.63) is 70.2 Å². The second kappa shape index (κ2) is 11.2. The topological polar surface area (TPSA) is 79.7 Å². The predicted octanol–water partition coefficient (Wildman–Crippen LogP) is 6.23. The van der Waals surface area contributed by atoms with Gasteiger partial charge in [-0.25, -0.2) is 13.4 Å². The third-order valence-corrected chi connectivity index (χ3v) is 8.22. The molecule has 0 atom stereocenters. The van der Waals surface area contributed by atoms with Crippen LogP contribution in [0.4, 0.5) is 0 Å². The minimum atomic E-state index is -3.43. The molecule has 3 aromatic carbocycles. The lowest BCUT2D eigenvalue weighted by molar-refractivity contribution is 0.188. The number of fused-ring (bicyclic) bond motifs is 1. The summed E-state index contributed by atoms with van der Waals surface area (Å²) in [6.07, 6.45) is 1.17. The van der Waals surface area contributed by atoms with E-state index in [9.17, 15) is 8.42 Å². The molecule has 0 saturated carbocycles. The molecular formula is C28H31BrN2O5S. The fourth-order valence-electron chi connectivity index (χ4n) is 4.23. The fourth-order valence-corrected chi connectivity index (χ4v) is 5.55. The number of hydrogen-bond acceptors (Lipinski definition) is 6. The van der Waals surface area contributed by atoms with Crippen molar-refractivity contribution in [1.29, 1.82) is 0 Å². The van der Waals surface area contributed by atoms with Gasteiger partial charge in [-0.3, -0.25) is 0 Å². The van der Waals surface area contributed by atoms with Gasteiger partial charge in [0.2, 0.25) is 0 Å². The first-order valence-corrected chi connectivity index (χ1v) is 14.6. The lowest BCUT2D eigenvalue weighted by Gasteiger charge is -2.15. The van der Waals surface area contributed by atoms with Crippen LogP contribution in [-0.2, 0) is 27.7 Å². The molecule has 0 bridgehead atoms. The van der Waals surface area contributed by atoms with Crippen molar-refractivity contribution in [3.8, 4) is 22.9 Å². The molecule has 37 heavy (non-hydrogen) atoms. The van der Waals surface area contributed by atoms with Crippen LogP contribution < -0.4 is 9.47 Å². The number of aromatic nitrogens is 2. The molecule has 0 N–H and O–H groups in total. The van der Waals surface area contributed by atoms with Crippen LogP contribution >= 0.6 is 15.9 Å². The Balaban J connectivity index is 1.81. The van der Waals surface area contributed by atoms with E-state index in [1.807, 2.05) is 6.07 Å². The highest BCUT2D eigenvalue weighted by atomic mass is 79.9. The van der Waals surface area contributed by atoms with Crippen LogP contribution in [0.3, 0.4) is 0 Å². The molecule has 0 aliphatic rings. The maximum absolute atomic E-state index is 12.2. The Hall–Kier alpha value is -2.88. The molecule has 4 rings (SSSR count). The zero-order valence-electron chi connectivity index (χ0n) is 21.6. The molecule has 7 nitrogen and oxygen atoms in total. The molecule has 0 spiro atoms. The molecule has 0 unspecified atom stereocenters. The Morgan fingerprint density at radius 2 is 1.73 bits per heavy atom. The largest absolute Gasteiger partial charge is 0.494 e. The van der Waals surface area contributed by atoms with E-state index < -0.39 is 9.84 Å². The van der Waals surface area contributed by atoms with Crippen LogP contribution in [0.5, 0.6) is 11.5 Å². The van der Waals surface area contributed by atoms with Crippen LogP contribution in [-0.4, -0.2) is 45.1 Å². The first-order chi connectivity index (χ1) is 17.7. The Labute approximate surface area is 226 Å². The number of sulfone groups is 1. The normalized spacial score (nSPS) is 11.9. The van der Waals surface area contributed by atoms with Crippen molar-refractivity contribution in [2.45, 2.75) is 37.8 Å². The number of hydrogen-bond donors (Lipinski definition) is 0. The highest BCUT2D eigenvalue weighted by Gasteiger charge is 2.22. The minimum Gasteiger partial charge on any atom is -0.494 e. The summed E-state index contributed by atoms with van der Waals surface area (Å²) >= 11 is 3.73. The summed E-state index contributed by atoms with van der Waals surface area (Å²) in [5.74, 6) is 2.18. The van der Waals surface area contributed by atoms with Crippen LogP contribution in [0.1, 0.15) is 30.9 Å². The quantitative estimate of drug-likeness (QED) is 0.219. The zero-order valence-corrected chi connectivity index (χ0v) is 24.0. The van der Waals surface area contributed by atoms with Crippen LogP contribution in [0, 0.1) is 0 Å². The molecule has 4 aromatic rings. The first-order valence-electron chi connectivity index (χ1n) is 11.9. The summed E-state index contributed by atoms with van der Waals surface area (Å²) in [7, 11) is -0.139. The maximum atomic E-state index is 12.2. The monoisotopic (exact) mass is 586 g/mol. The van der Waals surface area contributed by atoms with Gasteiger partial charge in [-0.05, 0) is 45.6 Å². The minimum absolute atomic E-state index is 0.128. The van der Waals surface area contributed by atoms with Gasteiger partial charge in [-0.1, -0.05) is 50.2 Å². The van der Waals surface area contributed by atoms with Gasteiger partial charge in [0.1, 0.15) is 39.9 Å². The lowest BCUT2D eigenvalue weighted by atomic mass is 10.0. The summed E-state index contributed by atoms with van der Waals surface area (Å²) in [5.41, 5.74) is 4.61. The van der Waals surface area contributed by atoms with E-state index in [1.54, 1.807) is 32.4 Å². The standard InChI is InChI=1S/C28H31BrN2O5S/c1-18(2)19-10-12-20(13-11-19)28-30-26-25(29)21(16-23(35-4)27(26)31(28)14-15-34-3)17-36-22-8-6-7-9-24(22)37(5,32)33/h6-13,16,18H,14-15,17H2,1-5H3. The lowest BCUT2D eigenvalue weighted by Crippen LogP contribution is -2.07. The first kappa shape index (κ1) is 27.2. The van der Waals surface area contributed by atoms with Gasteiger partial charge in [-0.2, -0.15) is 0 Å². The molecule has 1 aromatic heterocycles. The highest BCUT2D eigenvalue weighted by Crippen LogP contribution is 2.39. The van der Waals surface area contributed by atoms with Crippen molar-refractivity contribution in [3.63, 3.8) is 0 Å². The smallest absolute Gasteiger partial charge is 0.179 e. The molecule has 1 heterocycles. The van der Waals surface area contributed by atoms with E-state index in [2.05, 4.69) is 58.6 Å². The third kappa shape index (κ3) is 5.68. The molecule has 0 fully saturated rings. The molecule has 0 aliphatic heterocycles. The Morgan fingerprint density at radius 3 is 2.35 bits per heavy atom. The number of ether oxygens (including phenoxy) is 3. The predicted molar refractivity (Wildman–Crippen MR) is 149 cm³/mol. The van der Waals surface area contributed by atoms with Crippen molar-refractivity contribution in [2.75, 3.05) is 27.1 Å². The molecule has 196 valence electrons. The van der Waals surface area contributed by atoms with Crippen LogP contribution in [0.15, 0.2) is 64.0 Å². The van der Waals surface area contributed by atoms with Gasteiger partial charge in [0.15, 0.2) is 9.84 Å².